The highest BCUT2D eigenvalue weighted by atomic mass is 32.2. The molecule has 1 N–H and O–H groups in total. The maximum atomic E-state index is 13.6. The zero-order valence-corrected chi connectivity index (χ0v) is 25.0. The number of hydrogen-bond acceptors (Lipinski definition) is 5. The maximum absolute atomic E-state index is 13.6. The van der Waals surface area contributed by atoms with Crippen molar-refractivity contribution >= 4 is 32.4 Å². The van der Waals surface area contributed by atoms with Crippen molar-refractivity contribution < 1.29 is 26.4 Å². The topological polar surface area (TPSA) is 82.6 Å². The Bertz CT molecular complexity index is 1800. The second kappa shape index (κ2) is 11.9. The van der Waals surface area contributed by atoms with Crippen LogP contribution in [0.25, 0.3) is 10.8 Å². The van der Waals surface area contributed by atoms with Gasteiger partial charge in [0.05, 0.1) is 11.3 Å². The van der Waals surface area contributed by atoms with Crippen molar-refractivity contribution in [3.63, 3.8) is 0 Å². The number of aryl methyl sites for hydroxylation is 1. The van der Waals surface area contributed by atoms with E-state index in [0.29, 0.717) is 24.0 Å². The number of anilines is 1. The number of nitrogens with zero attached hydrogens (tertiary/aromatic N) is 3. The summed E-state index contributed by atoms with van der Waals surface area (Å²) in [7, 11) is -2.30. The van der Waals surface area contributed by atoms with Gasteiger partial charge in [0, 0.05) is 61.3 Å². The van der Waals surface area contributed by atoms with Crippen LogP contribution in [0.5, 0.6) is 0 Å². The van der Waals surface area contributed by atoms with Crippen molar-refractivity contribution in [1.29, 1.82) is 0 Å². The van der Waals surface area contributed by atoms with Crippen LogP contribution in [0.2, 0.25) is 0 Å². The van der Waals surface area contributed by atoms with Crippen molar-refractivity contribution in [2.24, 2.45) is 0 Å². The summed E-state index contributed by atoms with van der Waals surface area (Å²) >= 11 is 0. The number of amides is 1. The molecule has 1 fully saturated rings. The minimum Gasteiger partial charge on any atom is -0.371 e. The van der Waals surface area contributed by atoms with Crippen LogP contribution in [0, 0.1) is 0 Å². The van der Waals surface area contributed by atoms with Crippen molar-refractivity contribution in [2.45, 2.75) is 49.7 Å². The van der Waals surface area contributed by atoms with E-state index in [2.05, 4.69) is 32.8 Å². The lowest BCUT2D eigenvalue weighted by molar-refractivity contribution is -0.138. The van der Waals surface area contributed by atoms with Gasteiger partial charge in [-0.05, 0) is 84.2 Å². The number of pyridine rings is 1. The largest absolute Gasteiger partial charge is 0.416 e. The van der Waals surface area contributed by atoms with Crippen molar-refractivity contribution in [3.8, 4) is 0 Å². The highest BCUT2D eigenvalue weighted by molar-refractivity contribution is 7.88. The van der Waals surface area contributed by atoms with Crippen LogP contribution in [0.3, 0.4) is 0 Å². The number of carbonyl (C=O) groups is 1. The first kappa shape index (κ1) is 30.1. The highest BCUT2D eigenvalue weighted by Crippen LogP contribution is 2.35. The van der Waals surface area contributed by atoms with E-state index >= 15 is 0 Å². The monoisotopic (exact) mass is 622 g/mol. The van der Waals surface area contributed by atoms with E-state index in [0.717, 1.165) is 54.0 Å². The molecule has 1 aliphatic carbocycles. The normalized spacial score (nSPS) is 17.5. The molecule has 230 valence electrons. The van der Waals surface area contributed by atoms with Gasteiger partial charge in [-0.2, -0.15) is 13.2 Å². The summed E-state index contributed by atoms with van der Waals surface area (Å²) in [4.78, 5) is 21.8. The van der Waals surface area contributed by atoms with E-state index in [4.69, 9.17) is 0 Å². The van der Waals surface area contributed by atoms with Gasteiger partial charge in [0.1, 0.15) is 0 Å². The van der Waals surface area contributed by atoms with E-state index in [-0.39, 0.29) is 17.5 Å². The van der Waals surface area contributed by atoms with Gasteiger partial charge < -0.3 is 9.80 Å². The van der Waals surface area contributed by atoms with Crippen LogP contribution in [0.1, 0.15) is 57.9 Å². The van der Waals surface area contributed by atoms with Crippen LogP contribution in [-0.4, -0.2) is 50.4 Å². The average Bonchev–Trinajstić information content (AvgIpc) is 3.40. The Morgan fingerprint density at radius 3 is 2.55 bits per heavy atom. The second-order valence-corrected chi connectivity index (χ2v) is 13.3. The summed E-state index contributed by atoms with van der Waals surface area (Å²) in [5, 5.41) is 2.22. The summed E-state index contributed by atoms with van der Waals surface area (Å²) in [6, 6.07) is 17.8. The number of rotatable bonds is 7. The predicted molar refractivity (Wildman–Crippen MR) is 164 cm³/mol. The molecule has 1 saturated heterocycles. The fourth-order valence-electron chi connectivity index (χ4n) is 6.39. The number of halogens is 3. The molecule has 0 spiro atoms. The number of hydrogen-bond donors (Lipinski definition) is 1. The summed E-state index contributed by atoms with van der Waals surface area (Å²) in [5.41, 5.74) is 1.95. The molecule has 11 heteroatoms. The molecule has 1 aliphatic heterocycles. The first-order chi connectivity index (χ1) is 21.0. The molecule has 1 aromatic heterocycles. The Hall–Kier alpha value is -3.96. The number of carbonyl (C=O) groups excluding carboxylic acids is 1. The molecule has 1 atom stereocenters. The summed E-state index contributed by atoms with van der Waals surface area (Å²) in [5.74, 6) is -0.928. The molecule has 0 radical (unpaired) electrons. The average molecular weight is 623 g/mol. The summed E-state index contributed by atoms with van der Waals surface area (Å²) < 4.78 is 68.9. The lowest BCUT2D eigenvalue weighted by Crippen LogP contribution is -2.45. The number of piperidine rings is 1. The first-order valence-electron chi connectivity index (χ1n) is 14.6. The fraction of sp³-hybridized carbons (Fsp3) is 0.333. The number of sulfonamides is 1. The predicted octanol–water partition coefficient (Wildman–Crippen LogP) is 6.10. The van der Waals surface area contributed by atoms with Gasteiger partial charge in [-0.3, -0.25) is 9.78 Å². The van der Waals surface area contributed by atoms with Gasteiger partial charge in [0.2, 0.25) is 10.0 Å². The molecule has 7 nitrogen and oxygen atoms in total. The molecule has 3 aromatic carbocycles. The van der Waals surface area contributed by atoms with Gasteiger partial charge in [0.25, 0.3) is 5.91 Å². The molecule has 2 heterocycles. The van der Waals surface area contributed by atoms with E-state index in [1.807, 2.05) is 18.3 Å². The van der Waals surface area contributed by atoms with Crippen LogP contribution >= 0.6 is 0 Å². The molecule has 44 heavy (non-hydrogen) atoms. The third-order valence-corrected chi connectivity index (χ3v) is 10.1. The Kier molecular flexibility index (Phi) is 8.10. The molecule has 4 aromatic rings. The molecular formula is C33H33F3N4O3S. The van der Waals surface area contributed by atoms with E-state index in [1.54, 1.807) is 30.3 Å². The second-order valence-electron chi connectivity index (χ2n) is 11.6. The van der Waals surface area contributed by atoms with Gasteiger partial charge in [-0.15, -0.1) is 0 Å². The highest BCUT2D eigenvalue weighted by Gasteiger charge is 2.35. The number of aromatic nitrogens is 1. The Labute approximate surface area is 254 Å². The number of alkyl halides is 3. The minimum absolute atomic E-state index is 0.0552. The van der Waals surface area contributed by atoms with E-state index < -0.39 is 33.6 Å². The van der Waals surface area contributed by atoms with Gasteiger partial charge >= 0.3 is 6.18 Å². The van der Waals surface area contributed by atoms with Crippen LogP contribution in [-0.2, 0) is 28.4 Å². The molecule has 1 unspecified atom stereocenters. The van der Waals surface area contributed by atoms with Crippen LogP contribution < -0.4 is 9.62 Å². The molecule has 6 rings (SSSR count). The molecular weight excluding hydrogens is 589 g/mol. The Morgan fingerprint density at radius 2 is 1.77 bits per heavy atom. The fourth-order valence-corrected chi connectivity index (χ4v) is 7.81. The molecule has 0 bridgehead atoms. The van der Waals surface area contributed by atoms with Crippen molar-refractivity contribution in [2.75, 3.05) is 25.0 Å². The first-order valence-corrected chi connectivity index (χ1v) is 16.3. The quantitative estimate of drug-likeness (QED) is 0.269. The zero-order chi connectivity index (χ0) is 31.1. The molecule has 2 aliphatic rings. The van der Waals surface area contributed by atoms with Crippen molar-refractivity contribution in [3.05, 3.63) is 107 Å². The number of benzene rings is 3. The van der Waals surface area contributed by atoms with Crippen LogP contribution in [0.15, 0.2) is 79.1 Å². The molecule has 1 amide bonds. The van der Waals surface area contributed by atoms with E-state index in [1.165, 1.54) is 18.2 Å². The maximum Gasteiger partial charge on any atom is 0.416 e. The van der Waals surface area contributed by atoms with Crippen molar-refractivity contribution in [1.82, 2.24) is 14.6 Å². The third kappa shape index (κ3) is 6.30. The lowest BCUT2D eigenvalue weighted by Gasteiger charge is -2.38. The van der Waals surface area contributed by atoms with Crippen LogP contribution in [0.4, 0.5) is 18.9 Å². The smallest absolute Gasteiger partial charge is 0.371 e. The third-order valence-electron chi connectivity index (χ3n) is 8.78. The standard InChI is InChI=1S/C33H33F3N4O3S/c1-39(27-13-16-40(17-14-27)28-10-8-25-20-37-15-12-23(25)18-28)32(41)24-7-6-22-9-11-31(29(22)19-24)38-44(42,43)21-26-4-2-3-5-30(26)33(34,35)36/h2-8,10,12,15,18-20,27,31,38H,9,11,13-14,16-17,21H2,1H3. The SMILES string of the molecule is CN(C(=O)c1ccc2c(c1)C(NS(=O)(=O)Cc1ccccc1C(F)(F)F)CC2)C1CCN(c2ccc3cnccc3c2)CC1. The number of fused-ring (bicyclic) bond motifs is 2. The molecule has 0 saturated carbocycles. The van der Waals surface area contributed by atoms with Gasteiger partial charge in [-0.1, -0.05) is 30.3 Å². The zero-order valence-electron chi connectivity index (χ0n) is 24.2. The summed E-state index contributed by atoms with van der Waals surface area (Å²) in [6.45, 7) is 1.62. The summed E-state index contributed by atoms with van der Waals surface area (Å²) in [6.07, 6.45) is 1.67. The minimum atomic E-state index is -4.65. The Balaban J connectivity index is 1.11. The lowest BCUT2D eigenvalue weighted by atomic mass is 10.00. The van der Waals surface area contributed by atoms with E-state index in [9.17, 15) is 26.4 Å². The van der Waals surface area contributed by atoms with Gasteiger partial charge in [0.15, 0.2) is 0 Å². The Morgan fingerprint density at radius 1 is 1.00 bits per heavy atom. The number of nitrogens with one attached hydrogen (secondary N) is 1. The van der Waals surface area contributed by atoms with Gasteiger partial charge in [-0.25, -0.2) is 13.1 Å².